The number of halogens is 2. The molecule has 1 N–H and O–H groups in total. The Kier molecular flexibility index (Phi) is 6.24. The van der Waals surface area contributed by atoms with E-state index in [1.54, 1.807) is 0 Å². The first-order chi connectivity index (χ1) is 9.70. The molecule has 0 atom stereocenters. The summed E-state index contributed by atoms with van der Waals surface area (Å²) in [7, 11) is -2.67. The summed E-state index contributed by atoms with van der Waals surface area (Å²) in [5.41, 5.74) is 0.395. The third-order valence-electron chi connectivity index (χ3n) is 3.00. The van der Waals surface area contributed by atoms with Gasteiger partial charge < -0.3 is 5.32 Å². The highest BCUT2D eigenvalue weighted by molar-refractivity contribution is 7.89. The first kappa shape index (κ1) is 18.0. The van der Waals surface area contributed by atoms with Crippen LogP contribution in [-0.2, 0) is 16.6 Å². The lowest BCUT2D eigenvalue weighted by Crippen LogP contribution is -2.29. The van der Waals surface area contributed by atoms with Crippen molar-refractivity contribution in [2.24, 2.45) is 0 Å². The fourth-order valence-electron chi connectivity index (χ4n) is 1.83. The molecule has 120 valence electrons. The Morgan fingerprint density at radius 1 is 1.29 bits per heavy atom. The van der Waals surface area contributed by atoms with Crippen LogP contribution in [0.15, 0.2) is 17.0 Å². The molecule has 7 heteroatoms. The fourth-order valence-corrected chi connectivity index (χ4v) is 3.21. The molecule has 0 aromatic heterocycles. The van der Waals surface area contributed by atoms with Gasteiger partial charge in [0.1, 0.15) is 4.90 Å². The second-order valence-corrected chi connectivity index (χ2v) is 7.27. The highest BCUT2D eigenvalue weighted by Crippen LogP contribution is 2.23. The quantitative estimate of drug-likeness (QED) is 0.840. The highest BCUT2D eigenvalue weighted by atomic mass is 32.2. The molecule has 0 unspecified atom stereocenters. The summed E-state index contributed by atoms with van der Waals surface area (Å²) >= 11 is 0. The van der Waals surface area contributed by atoms with E-state index in [1.807, 2.05) is 20.8 Å². The summed E-state index contributed by atoms with van der Waals surface area (Å²) in [5.74, 6) is -2.48. The minimum absolute atomic E-state index is 0.154. The molecule has 0 bridgehead atoms. The minimum atomic E-state index is -4.02. The molecule has 0 fully saturated rings. The van der Waals surface area contributed by atoms with Crippen molar-refractivity contribution in [1.82, 2.24) is 9.62 Å². The van der Waals surface area contributed by atoms with Gasteiger partial charge in [-0.25, -0.2) is 21.5 Å². The summed E-state index contributed by atoms with van der Waals surface area (Å²) in [6.07, 6.45) is 0.592. The predicted molar refractivity (Wildman–Crippen MR) is 78.4 cm³/mol. The van der Waals surface area contributed by atoms with Gasteiger partial charge in [0, 0.05) is 26.2 Å². The van der Waals surface area contributed by atoms with Crippen LogP contribution >= 0.6 is 0 Å². The minimum Gasteiger partial charge on any atom is -0.310 e. The van der Waals surface area contributed by atoms with Crippen molar-refractivity contribution < 1.29 is 17.2 Å². The van der Waals surface area contributed by atoms with Gasteiger partial charge in [-0.3, -0.25) is 0 Å². The average Bonchev–Trinajstić information content (AvgIpc) is 2.39. The number of nitrogens with one attached hydrogen (secondary N) is 1. The Hall–Kier alpha value is -1.05. The zero-order chi connectivity index (χ0) is 16.2. The van der Waals surface area contributed by atoms with E-state index in [0.29, 0.717) is 12.0 Å². The van der Waals surface area contributed by atoms with Crippen molar-refractivity contribution >= 4 is 10.0 Å². The molecular weight excluding hydrogens is 298 g/mol. The van der Waals surface area contributed by atoms with Crippen LogP contribution in [0.5, 0.6) is 0 Å². The van der Waals surface area contributed by atoms with E-state index in [1.165, 1.54) is 13.1 Å². The van der Waals surface area contributed by atoms with Crippen molar-refractivity contribution in [3.05, 3.63) is 29.3 Å². The Balaban J connectivity index is 3.22. The summed E-state index contributed by atoms with van der Waals surface area (Å²) < 4.78 is 53.1. The van der Waals surface area contributed by atoms with Crippen LogP contribution in [0, 0.1) is 11.6 Å². The third kappa shape index (κ3) is 4.46. The molecule has 0 amide bonds. The molecule has 0 aliphatic carbocycles. The Morgan fingerprint density at radius 3 is 2.43 bits per heavy atom. The van der Waals surface area contributed by atoms with Gasteiger partial charge in [0.25, 0.3) is 0 Å². The second kappa shape index (κ2) is 7.29. The Morgan fingerprint density at radius 2 is 1.90 bits per heavy atom. The first-order valence-corrected chi connectivity index (χ1v) is 8.31. The maximum atomic E-state index is 13.9. The Labute approximate surface area is 125 Å². The van der Waals surface area contributed by atoms with E-state index >= 15 is 0 Å². The fraction of sp³-hybridized carbons (Fsp3) is 0.571. The molecule has 0 spiro atoms. The summed E-state index contributed by atoms with van der Waals surface area (Å²) in [4.78, 5) is -0.612. The molecule has 1 aromatic rings. The van der Waals surface area contributed by atoms with Gasteiger partial charge in [0.15, 0.2) is 11.6 Å². The van der Waals surface area contributed by atoms with Crippen LogP contribution in [0.1, 0.15) is 32.8 Å². The van der Waals surface area contributed by atoms with Crippen LogP contribution in [0.2, 0.25) is 0 Å². The van der Waals surface area contributed by atoms with E-state index < -0.39 is 26.6 Å². The molecule has 1 rings (SSSR count). The molecule has 1 aromatic carbocycles. The van der Waals surface area contributed by atoms with Crippen LogP contribution in [0.4, 0.5) is 8.78 Å². The first-order valence-electron chi connectivity index (χ1n) is 6.87. The number of nitrogens with zero attached hydrogens (tertiary/aromatic N) is 1. The standard InChI is InChI=1S/C14H22F2N2O2S/c1-5-6-18(4)21(19,20)13-8-11(9-17-10(2)3)7-12(15)14(13)16/h7-8,10,17H,5-6,9H2,1-4H3. The lowest BCUT2D eigenvalue weighted by atomic mass is 10.2. The monoisotopic (exact) mass is 320 g/mol. The summed E-state index contributed by atoms with van der Waals surface area (Å²) in [6, 6.07) is 2.36. The van der Waals surface area contributed by atoms with E-state index in [9.17, 15) is 17.2 Å². The molecular formula is C14H22F2N2O2S. The van der Waals surface area contributed by atoms with Gasteiger partial charge in [0.05, 0.1) is 0 Å². The van der Waals surface area contributed by atoms with Crippen molar-refractivity contribution in [2.45, 2.75) is 44.7 Å². The van der Waals surface area contributed by atoms with Gasteiger partial charge in [-0.1, -0.05) is 20.8 Å². The molecule has 0 saturated heterocycles. The maximum absolute atomic E-state index is 13.9. The predicted octanol–water partition coefficient (Wildman–Crippen LogP) is 2.49. The zero-order valence-electron chi connectivity index (χ0n) is 12.8. The number of sulfonamides is 1. The molecule has 0 aliphatic rings. The zero-order valence-corrected chi connectivity index (χ0v) is 13.6. The highest BCUT2D eigenvalue weighted by Gasteiger charge is 2.26. The number of rotatable bonds is 7. The van der Waals surface area contributed by atoms with E-state index in [-0.39, 0.29) is 19.1 Å². The summed E-state index contributed by atoms with van der Waals surface area (Å²) in [5, 5.41) is 3.04. The van der Waals surface area contributed by atoms with E-state index in [4.69, 9.17) is 0 Å². The number of benzene rings is 1. The second-order valence-electron chi connectivity index (χ2n) is 5.25. The molecule has 21 heavy (non-hydrogen) atoms. The molecule has 0 aliphatic heterocycles. The maximum Gasteiger partial charge on any atom is 0.245 e. The molecule has 0 heterocycles. The lowest BCUT2D eigenvalue weighted by molar-refractivity contribution is 0.447. The molecule has 4 nitrogen and oxygen atoms in total. The largest absolute Gasteiger partial charge is 0.310 e. The van der Waals surface area contributed by atoms with Crippen LogP contribution < -0.4 is 5.32 Å². The van der Waals surface area contributed by atoms with Gasteiger partial charge in [-0.2, -0.15) is 0 Å². The van der Waals surface area contributed by atoms with Crippen molar-refractivity contribution in [3.63, 3.8) is 0 Å². The van der Waals surface area contributed by atoms with Crippen molar-refractivity contribution in [3.8, 4) is 0 Å². The number of hydrogen-bond donors (Lipinski definition) is 1. The van der Waals surface area contributed by atoms with Crippen LogP contribution in [0.25, 0.3) is 0 Å². The normalized spacial score (nSPS) is 12.4. The topological polar surface area (TPSA) is 49.4 Å². The van der Waals surface area contributed by atoms with Gasteiger partial charge >= 0.3 is 0 Å². The summed E-state index contributed by atoms with van der Waals surface area (Å²) in [6.45, 7) is 6.15. The average molecular weight is 320 g/mol. The van der Waals surface area contributed by atoms with Crippen LogP contribution in [0.3, 0.4) is 0 Å². The third-order valence-corrected chi connectivity index (χ3v) is 4.85. The lowest BCUT2D eigenvalue weighted by Gasteiger charge is -2.18. The smallest absolute Gasteiger partial charge is 0.245 e. The van der Waals surface area contributed by atoms with Gasteiger partial charge in [-0.15, -0.1) is 0 Å². The van der Waals surface area contributed by atoms with E-state index in [0.717, 1.165) is 10.4 Å². The SMILES string of the molecule is CCCN(C)S(=O)(=O)c1cc(CNC(C)C)cc(F)c1F. The van der Waals surface area contributed by atoms with Crippen molar-refractivity contribution in [1.29, 1.82) is 0 Å². The molecule has 0 radical (unpaired) electrons. The van der Waals surface area contributed by atoms with Crippen LogP contribution in [-0.4, -0.2) is 32.4 Å². The van der Waals surface area contributed by atoms with E-state index in [2.05, 4.69) is 5.32 Å². The number of hydrogen-bond acceptors (Lipinski definition) is 3. The van der Waals surface area contributed by atoms with Gasteiger partial charge in [-0.05, 0) is 24.1 Å². The van der Waals surface area contributed by atoms with Crippen molar-refractivity contribution in [2.75, 3.05) is 13.6 Å². The molecule has 0 saturated carbocycles. The Bertz CT molecular complexity index is 589. The van der Waals surface area contributed by atoms with Gasteiger partial charge in [0.2, 0.25) is 10.0 Å².